The molecule has 0 radical (unpaired) electrons. The molecule has 3 N–H and O–H groups in total. The molecule has 0 atom stereocenters. The molecule has 1 aromatic rings. The Morgan fingerprint density at radius 1 is 1.40 bits per heavy atom. The lowest BCUT2D eigenvalue weighted by molar-refractivity contribution is 0.0696. The van der Waals surface area contributed by atoms with Gasteiger partial charge >= 0.3 is 5.97 Å². The van der Waals surface area contributed by atoms with Gasteiger partial charge in [-0.2, -0.15) is 0 Å². The molecule has 15 heavy (non-hydrogen) atoms. The third-order valence-corrected chi connectivity index (χ3v) is 1.81. The van der Waals surface area contributed by atoms with Crippen LogP contribution in [-0.4, -0.2) is 29.3 Å². The van der Waals surface area contributed by atoms with Gasteiger partial charge < -0.3 is 15.5 Å². The van der Waals surface area contributed by atoms with Gasteiger partial charge in [0.05, 0.1) is 5.56 Å². The smallest absolute Gasteiger partial charge is 0.335 e. The molecule has 0 aliphatic carbocycles. The lowest BCUT2D eigenvalue weighted by Gasteiger charge is -2.06. The van der Waals surface area contributed by atoms with E-state index in [1.54, 1.807) is 0 Å². The Labute approximate surface area is 86.4 Å². The largest absolute Gasteiger partial charge is 0.478 e. The summed E-state index contributed by atoms with van der Waals surface area (Å²) in [6, 6.07) is 3.52. The van der Waals surface area contributed by atoms with Gasteiger partial charge in [-0.15, -0.1) is 0 Å². The summed E-state index contributed by atoms with van der Waals surface area (Å²) in [6.07, 6.45) is 0.527. The summed E-state index contributed by atoms with van der Waals surface area (Å²) in [5, 5.41) is 20.0. The van der Waals surface area contributed by atoms with Crippen LogP contribution in [-0.2, 0) is 0 Å². The lowest BCUT2D eigenvalue weighted by atomic mass is 10.2. The van der Waals surface area contributed by atoms with Crippen molar-refractivity contribution >= 4 is 11.7 Å². The van der Waals surface area contributed by atoms with Crippen molar-refractivity contribution in [3.05, 3.63) is 29.6 Å². The molecule has 0 aliphatic heterocycles. The van der Waals surface area contributed by atoms with Crippen LogP contribution in [0.25, 0.3) is 0 Å². The fourth-order valence-corrected chi connectivity index (χ4v) is 1.13. The molecule has 0 saturated heterocycles. The zero-order valence-corrected chi connectivity index (χ0v) is 8.03. The summed E-state index contributed by atoms with van der Waals surface area (Å²) in [5.41, 5.74) is 0.308. The predicted octanol–water partition coefficient (Wildman–Crippen LogP) is 1.32. The molecule has 0 heterocycles. The summed E-state index contributed by atoms with van der Waals surface area (Å²) in [5.74, 6) is -1.76. The van der Waals surface area contributed by atoms with Crippen molar-refractivity contribution in [2.75, 3.05) is 18.5 Å². The van der Waals surface area contributed by atoms with Gasteiger partial charge in [0.25, 0.3) is 0 Å². The van der Waals surface area contributed by atoms with E-state index in [0.717, 1.165) is 6.07 Å². The third kappa shape index (κ3) is 3.55. The van der Waals surface area contributed by atoms with Crippen molar-refractivity contribution < 1.29 is 19.4 Å². The molecule has 82 valence electrons. The summed E-state index contributed by atoms with van der Waals surface area (Å²) < 4.78 is 12.9. The minimum atomic E-state index is -1.17. The van der Waals surface area contributed by atoms with Gasteiger partial charge in [0.15, 0.2) is 0 Å². The first-order valence-corrected chi connectivity index (χ1v) is 4.52. The van der Waals surface area contributed by atoms with Crippen molar-refractivity contribution in [3.8, 4) is 0 Å². The number of anilines is 1. The van der Waals surface area contributed by atoms with Crippen LogP contribution in [0.5, 0.6) is 0 Å². The maximum Gasteiger partial charge on any atom is 0.335 e. The highest BCUT2D eigenvalue weighted by Crippen LogP contribution is 2.13. The molecule has 1 aromatic carbocycles. The molecule has 0 fully saturated rings. The molecular formula is C10H12FNO3. The van der Waals surface area contributed by atoms with Crippen LogP contribution in [0.1, 0.15) is 16.8 Å². The van der Waals surface area contributed by atoms with Crippen LogP contribution in [0.3, 0.4) is 0 Å². The summed E-state index contributed by atoms with van der Waals surface area (Å²) >= 11 is 0. The standard InChI is InChI=1S/C10H12FNO3/c11-8-4-7(10(14)15)5-9(6-8)12-2-1-3-13/h4-6,12-13H,1-3H2,(H,14,15). The Kier molecular flexibility index (Phi) is 4.05. The van der Waals surface area contributed by atoms with Gasteiger partial charge in [-0.25, -0.2) is 9.18 Å². The second kappa shape index (κ2) is 5.31. The number of benzene rings is 1. The first-order valence-electron chi connectivity index (χ1n) is 4.52. The Morgan fingerprint density at radius 3 is 2.73 bits per heavy atom. The van der Waals surface area contributed by atoms with Crippen molar-refractivity contribution in [2.45, 2.75) is 6.42 Å². The molecule has 1 rings (SSSR count). The van der Waals surface area contributed by atoms with Crippen molar-refractivity contribution in [1.82, 2.24) is 0 Å². The van der Waals surface area contributed by atoms with Crippen LogP contribution in [0, 0.1) is 5.82 Å². The van der Waals surface area contributed by atoms with Crippen molar-refractivity contribution in [2.24, 2.45) is 0 Å². The number of hydrogen-bond donors (Lipinski definition) is 3. The zero-order valence-electron chi connectivity index (χ0n) is 8.03. The van der Waals surface area contributed by atoms with Crippen LogP contribution in [0.4, 0.5) is 10.1 Å². The molecule has 4 nitrogen and oxygen atoms in total. The molecule has 0 aliphatic rings. The number of aliphatic hydroxyl groups is 1. The highest BCUT2D eigenvalue weighted by Gasteiger charge is 2.06. The van der Waals surface area contributed by atoms with E-state index in [1.165, 1.54) is 12.1 Å². The average molecular weight is 213 g/mol. The minimum Gasteiger partial charge on any atom is -0.478 e. The highest BCUT2D eigenvalue weighted by atomic mass is 19.1. The molecular weight excluding hydrogens is 201 g/mol. The zero-order chi connectivity index (χ0) is 11.3. The topological polar surface area (TPSA) is 69.6 Å². The molecule has 0 amide bonds. The molecule has 0 saturated carbocycles. The molecule has 0 unspecified atom stereocenters. The fourth-order valence-electron chi connectivity index (χ4n) is 1.13. The van der Waals surface area contributed by atoms with Crippen LogP contribution >= 0.6 is 0 Å². The first kappa shape index (κ1) is 11.5. The van der Waals surface area contributed by atoms with Gasteiger partial charge in [0, 0.05) is 18.8 Å². The lowest BCUT2D eigenvalue weighted by Crippen LogP contribution is -2.05. The Hall–Kier alpha value is -1.62. The van der Waals surface area contributed by atoms with E-state index in [1.807, 2.05) is 0 Å². The van der Waals surface area contributed by atoms with E-state index in [-0.39, 0.29) is 12.2 Å². The maximum atomic E-state index is 12.9. The Bertz CT molecular complexity index is 355. The van der Waals surface area contributed by atoms with Crippen LogP contribution in [0.15, 0.2) is 18.2 Å². The van der Waals surface area contributed by atoms with Gasteiger partial charge in [-0.05, 0) is 24.6 Å². The summed E-state index contributed by atoms with van der Waals surface area (Å²) in [4.78, 5) is 10.6. The SMILES string of the molecule is O=C(O)c1cc(F)cc(NCCCO)c1. The predicted molar refractivity (Wildman–Crippen MR) is 53.6 cm³/mol. The number of rotatable bonds is 5. The Morgan fingerprint density at radius 2 is 2.13 bits per heavy atom. The number of carbonyl (C=O) groups is 1. The summed E-state index contributed by atoms with van der Waals surface area (Å²) in [7, 11) is 0. The van der Waals surface area contributed by atoms with Crippen molar-refractivity contribution in [3.63, 3.8) is 0 Å². The van der Waals surface area contributed by atoms with Crippen LogP contribution < -0.4 is 5.32 Å². The van der Waals surface area contributed by atoms with E-state index in [9.17, 15) is 9.18 Å². The van der Waals surface area contributed by atoms with Gasteiger partial charge in [0.1, 0.15) is 5.82 Å². The molecule has 0 spiro atoms. The Balaban J connectivity index is 2.75. The molecule has 0 bridgehead atoms. The van der Waals surface area contributed by atoms with Gasteiger partial charge in [-0.1, -0.05) is 0 Å². The van der Waals surface area contributed by atoms with E-state index in [0.29, 0.717) is 18.7 Å². The minimum absolute atomic E-state index is 0.0358. The molecule has 0 aromatic heterocycles. The average Bonchev–Trinajstić information content (AvgIpc) is 2.17. The normalized spacial score (nSPS) is 10.0. The fraction of sp³-hybridized carbons (Fsp3) is 0.300. The van der Waals surface area contributed by atoms with E-state index in [4.69, 9.17) is 10.2 Å². The first-order chi connectivity index (χ1) is 7.13. The number of carboxylic acids is 1. The van der Waals surface area contributed by atoms with Gasteiger partial charge in [-0.3, -0.25) is 0 Å². The quantitative estimate of drug-likeness (QED) is 0.645. The number of carboxylic acid groups (broad SMARTS) is 1. The second-order valence-electron chi connectivity index (χ2n) is 3.04. The van der Waals surface area contributed by atoms with Gasteiger partial charge in [0.2, 0.25) is 0 Å². The van der Waals surface area contributed by atoms with Crippen molar-refractivity contribution in [1.29, 1.82) is 0 Å². The van der Waals surface area contributed by atoms with E-state index < -0.39 is 11.8 Å². The monoisotopic (exact) mass is 213 g/mol. The number of halogens is 1. The number of hydrogen-bond acceptors (Lipinski definition) is 3. The second-order valence-corrected chi connectivity index (χ2v) is 3.04. The maximum absolute atomic E-state index is 12.9. The number of aromatic carboxylic acids is 1. The number of aliphatic hydroxyl groups excluding tert-OH is 1. The third-order valence-electron chi connectivity index (χ3n) is 1.81. The van der Waals surface area contributed by atoms with Crippen LogP contribution in [0.2, 0.25) is 0 Å². The van der Waals surface area contributed by atoms with E-state index >= 15 is 0 Å². The number of nitrogens with one attached hydrogen (secondary N) is 1. The molecule has 5 heteroatoms. The highest BCUT2D eigenvalue weighted by molar-refractivity contribution is 5.88. The van der Waals surface area contributed by atoms with E-state index in [2.05, 4.69) is 5.32 Å². The summed E-state index contributed by atoms with van der Waals surface area (Å²) in [6.45, 7) is 0.507.